The third kappa shape index (κ3) is 5.46. The topological polar surface area (TPSA) is 89.5 Å². The molecule has 1 N–H and O–H groups in total. The molecular weight excluding hydrogens is 320 g/mol. The number of benzene rings is 2. The SMILES string of the molecule is CN(C(=O)c1ccc(NC(=O)CCCC(=O)[O-])cc1)c1ccccc1. The van der Waals surface area contributed by atoms with E-state index in [2.05, 4.69) is 5.32 Å². The summed E-state index contributed by atoms with van der Waals surface area (Å²) in [5.41, 5.74) is 1.84. The van der Waals surface area contributed by atoms with Gasteiger partial charge in [0, 0.05) is 36.4 Å². The predicted octanol–water partition coefficient (Wildman–Crippen LogP) is 1.82. The Morgan fingerprint density at radius 1 is 0.960 bits per heavy atom. The Hall–Kier alpha value is -3.15. The van der Waals surface area contributed by atoms with Gasteiger partial charge in [0.2, 0.25) is 5.91 Å². The van der Waals surface area contributed by atoms with Crippen LogP contribution < -0.4 is 15.3 Å². The number of carbonyl (C=O) groups is 3. The van der Waals surface area contributed by atoms with Gasteiger partial charge < -0.3 is 20.1 Å². The van der Waals surface area contributed by atoms with Gasteiger partial charge in [-0.05, 0) is 49.2 Å². The van der Waals surface area contributed by atoms with Crippen molar-refractivity contribution in [1.82, 2.24) is 0 Å². The number of para-hydroxylation sites is 1. The first-order chi connectivity index (χ1) is 12.0. The molecule has 2 aromatic rings. The zero-order valence-corrected chi connectivity index (χ0v) is 13.9. The van der Waals surface area contributed by atoms with Crippen LogP contribution in [0.2, 0.25) is 0 Å². The van der Waals surface area contributed by atoms with Gasteiger partial charge in [-0.2, -0.15) is 0 Å². The Labute approximate surface area is 146 Å². The highest BCUT2D eigenvalue weighted by molar-refractivity contribution is 6.06. The first-order valence-electron chi connectivity index (χ1n) is 7.90. The average Bonchev–Trinajstić information content (AvgIpc) is 2.61. The molecule has 0 aliphatic carbocycles. The number of rotatable bonds is 7. The summed E-state index contributed by atoms with van der Waals surface area (Å²) in [7, 11) is 1.70. The van der Waals surface area contributed by atoms with Gasteiger partial charge >= 0.3 is 0 Å². The lowest BCUT2D eigenvalue weighted by Gasteiger charge is -2.17. The number of nitrogens with one attached hydrogen (secondary N) is 1. The molecule has 25 heavy (non-hydrogen) atoms. The summed E-state index contributed by atoms with van der Waals surface area (Å²) in [6.07, 6.45) is 0.185. The van der Waals surface area contributed by atoms with Crippen LogP contribution in [-0.4, -0.2) is 24.8 Å². The Morgan fingerprint density at radius 2 is 1.60 bits per heavy atom. The highest BCUT2D eigenvalue weighted by Crippen LogP contribution is 2.16. The normalized spacial score (nSPS) is 10.1. The minimum Gasteiger partial charge on any atom is -0.550 e. The molecule has 0 aliphatic heterocycles. The quantitative estimate of drug-likeness (QED) is 0.833. The summed E-state index contributed by atoms with van der Waals surface area (Å²) in [5.74, 6) is -1.60. The van der Waals surface area contributed by atoms with Crippen LogP contribution in [0.5, 0.6) is 0 Å². The van der Waals surface area contributed by atoms with Crippen molar-refractivity contribution in [2.75, 3.05) is 17.3 Å². The molecule has 2 aromatic carbocycles. The molecule has 0 fully saturated rings. The van der Waals surface area contributed by atoms with Crippen LogP contribution in [0.3, 0.4) is 0 Å². The Kier molecular flexibility index (Phi) is 6.28. The van der Waals surface area contributed by atoms with E-state index in [0.717, 1.165) is 5.69 Å². The van der Waals surface area contributed by atoms with Crippen molar-refractivity contribution < 1.29 is 19.5 Å². The molecule has 0 saturated heterocycles. The lowest BCUT2D eigenvalue weighted by Crippen LogP contribution is -2.26. The van der Waals surface area contributed by atoms with Gasteiger partial charge in [0.15, 0.2) is 0 Å². The number of hydrogen-bond acceptors (Lipinski definition) is 4. The third-order valence-electron chi connectivity index (χ3n) is 3.65. The largest absolute Gasteiger partial charge is 0.550 e. The minimum absolute atomic E-state index is 0.103. The monoisotopic (exact) mass is 339 g/mol. The number of hydrogen-bond donors (Lipinski definition) is 1. The van der Waals surface area contributed by atoms with Crippen molar-refractivity contribution in [3.05, 3.63) is 60.2 Å². The lowest BCUT2D eigenvalue weighted by molar-refractivity contribution is -0.305. The molecule has 2 rings (SSSR count). The summed E-state index contributed by atoms with van der Waals surface area (Å²) in [6.45, 7) is 0. The molecule has 6 heteroatoms. The van der Waals surface area contributed by atoms with E-state index in [1.54, 1.807) is 36.2 Å². The van der Waals surface area contributed by atoms with Gasteiger partial charge in [-0.1, -0.05) is 18.2 Å². The Balaban J connectivity index is 1.94. The van der Waals surface area contributed by atoms with Crippen molar-refractivity contribution >= 4 is 29.2 Å². The third-order valence-corrected chi connectivity index (χ3v) is 3.65. The first kappa shape index (κ1) is 18.2. The molecule has 130 valence electrons. The second kappa shape index (κ2) is 8.63. The second-order valence-corrected chi connectivity index (χ2v) is 5.55. The Bertz CT molecular complexity index is 742. The van der Waals surface area contributed by atoms with E-state index in [0.29, 0.717) is 11.3 Å². The molecule has 0 atom stereocenters. The smallest absolute Gasteiger partial charge is 0.258 e. The van der Waals surface area contributed by atoms with Crippen molar-refractivity contribution in [1.29, 1.82) is 0 Å². The van der Waals surface area contributed by atoms with Crippen LogP contribution >= 0.6 is 0 Å². The van der Waals surface area contributed by atoms with Crippen LogP contribution in [-0.2, 0) is 9.59 Å². The predicted molar refractivity (Wildman–Crippen MR) is 93.1 cm³/mol. The van der Waals surface area contributed by atoms with Crippen LogP contribution in [0.15, 0.2) is 54.6 Å². The summed E-state index contributed by atoms with van der Waals surface area (Å²) < 4.78 is 0. The number of aliphatic carboxylic acids is 1. The molecule has 0 unspecified atom stereocenters. The number of amides is 2. The first-order valence-corrected chi connectivity index (χ1v) is 7.90. The van der Waals surface area contributed by atoms with Crippen LogP contribution in [0.25, 0.3) is 0 Å². The maximum Gasteiger partial charge on any atom is 0.258 e. The number of carboxylic acid groups (broad SMARTS) is 1. The minimum atomic E-state index is -1.17. The van der Waals surface area contributed by atoms with Gasteiger partial charge in [0.1, 0.15) is 0 Å². The van der Waals surface area contributed by atoms with E-state index >= 15 is 0 Å². The maximum absolute atomic E-state index is 12.5. The van der Waals surface area contributed by atoms with E-state index in [1.165, 1.54) is 0 Å². The molecule has 0 bridgehead atoms. The molecule has 0 heterocycles. The molecule has 0 saturated carbocycles. The number of anilines is 2. The maximum atomic E-state index is 12.5. The molecule has 2 amide bonds. The summed E-state index contributed by atoms with van der Waals surface area (Å²) in [5, 5.41) is 13.0. The number of carboxylic acids is 1. The summed E-state index contributed by atoms with van der Waals surface area (Å²) in [4.78, 5) is 36.0. The standard InChI is InChI=1S/C19H20N2O4/c1-21(16-6-3-2-4-7-16)19(25)14-10-12-15(13-11-14)20-17(22)8-5-9-18(23)24/h2-4,6-7,10-13H,5,8-9H2,1H3,(H,20,22)(H,23,24)/p-1. The van der Waals surface area contributed by atoms with E-state index < -0.39 is 5.97 Å². The van der Waals surface area contributed by atoms with Crippen LogP contribution in [0.1, 0.15) is 29.6 Å². The molecule has 0 aliphatic rings. The summed E-state index contributed by atoms with van der Waals surface area (Å²) in [6, 6.07) is 15.9. The van der Waals surface area contributed by atoms with Crippen LogP contribution in [0, 0.1) is 0 Å². The number of nitrogens with zero attached hydrogens (tertiary/aromatic N) is 1. The van der Waals surface area contributed by atoms with E-state index in [-0.39, 0.29) is 31.1 Å². The highest BCUT2D eigenvalue weighted by atomic mass is 16.4. The van der Waals surface area contributed by atoms with E-state index in [9.17, 15) is 19.5 Å². The molecular formula is C19H19N2O4-. The van der Waals surface area contributed by atoms with Gasteiger partial charge in [-0.25, -0.2) is 0 Å². The fourth-order valence-corrected chi connectivity index (χ4v) is 2.28. The fraction of sp³-hybridized carbons (Fsp3) is 0.211. The van der Waals surface area contributed by atoms with Gasteiger partial charge in [-0.15, -0.1) is 0 Å². The van der Waals surface area contributed by atoms with Crippen molar-refractivity contribution in [2.24, 2.45) is 0 Å². The van der Waals surface area contributed by atoms with Gasteiger partial charge in [0.25, 0.3) is 5.91 Å². The van der Waals surface area contributed by atoms with E-state index in [4.69, 9.17) is 0 Å². The Morgan fingerprint density at radius 3 is 2.20 bits per heavy atom. The molecule has 0 spiro atoms. The van der Waals surface area contributed by atoms with Crippen molar-refractivity contribution in [3.8, 4) is 0 Å². The van der Waals surface area contributed by atoms with Gasteiger partial charge in [0.05, 0.1) is 0 Å². The zero-order valence-electron chi connectivity index (χ0n) is 13.9. The fourth-order valence-electron chi connectivity index (χ4n) is 2.28. The van der Waals surface area contributed by atoms with Crippen molar-refractivity contribution in [3.63, 3.8) is 0 Å². The summed E-state index contributed by atoms with van der Waals surface area (Å²) >= 11 is 0. The lowest BCUT2D eigenvalue weighted by atomic mass is 10.1. The van der Waals surface area contributed by atoms with Crippen LogP contribution in [0.4, 0.5) is 11.4 Å². The van der Waals surface area contributed by atoms with Crippen molar-refractivity contribution in [2.45, 2.75) is 19.3 Å². The number of carbonyl (C=O) groups excluding carboxylic acids is 3. The molecule has 0 radical (unpaired) electrons. The zero-order chi connectivity index (χ0) is 18.2. The van der Waals surface area contributed by atoms with Gasteiger partial charge in [-0.3, -0.25) is 9.59 Å². The molecule has 0 aromatic heterocycles. The van der Waals surface area contributed by atoms with E-state index in [1.807, 2.05) is 30.3 Å². The second-order valence-electron chi connectivity index (χ2n) is 5.55. The highest BCUT2D eigenvalue weighted by Gasteiger charge is 2.13. The molecule has 6 nitrogen and oxygen atoms in total. The average molecular weight is 339 g/mol.